The fraction of sp³-hybridized carbons (Fsp3) is 0.471. The molecular formula is C17H19N3O3. The number of amides is 3. The van der Waals surface area contributed by atoms with Gasteiger partial charge in [0.05, 0.1) is 0 Å². The minimum atomic E-state index is -0.709. The van der Waals surface area contributed by atoms with Gasteiger partial charge in [-0.2, -0.15) is 0 Å². The van der Waals surface area contributed by atoms with Gasteiger partial charge in [-0.05, 0) is 25.0 Å². The van der Waals surface area contributed by atoms with Crippen molar-refractivity contribution in [2.24, 2.45) is 0 Å². The Hall–Kier alpha value is -2.37. The fourth-order valence-corrected chi connectivity index (χ4v) is 3.61. The van der Waals surface area contributed by atoms with E-state index in [9.17, 15) is 9.59 Å². The minimum Gasteiger partial charge on any atom is -0.439 e. The largest absolute Gasteiger partial charge is 0.439 e. The Morgan fingerprint density at radius 3 is 2.61 bits per heavy atom. The van der Waals surface area contributed by atoms with Crippen LogP contribution in [0.4, 0.5) is 4.79 Å². The van der Waals surface area contributed by atoms with Crippen molar-refractivity contribution in [3.8, 4) is 0 Å². The molecular weight excluding hydrogens is 294 g/mol. The van der Waals surface area contributed by atoms with E-state index in [1.807, 2.05) is 24.3 Å². The lowest BCUT2D eigenvalue weighted by molar-refractivity contribution is -0.132. The molecule has 2 aliphatic rings. The van der Waals surface area contributed by atoms with Crippen molar-refractivity contribution in [3.05, 3.63) is 30.2 Å². The van der Waals surface area contributed by atoms with E-state index in [0.717, 1.165) is 44.0 Å². The first kappa shape index (κ1) is 14.2. The van der Waals surface area contributed by atoms with Crippen molar-refractivity contribution in [1.82, 2.24) is 15.2 Å². The molecule has 2 fully saturated rings. The van der Waals surface area contributed by atoms with Crippen LogP contribution in [0.5, 0.6) is 0 Å². The zero-order chi connectivity index (χ0) is 15.9. The van der Waals surface area contributed by atoms with E-state index in [4.69, 9.17) is 4.42 Å². The summed E-state index contributed by atoms with van der Waals surface area (Å²) in [4.78, 5) is 30.8. The zero-order valence-corrected chi connectivity index (χ0v) is 12.9. The van der Waals surface area contributed by atoms with Crippen LogP contribution in [-0.4, -0.2) is 27.4 Å². The van der Waals surface area contributed by atoms with Crippen molar-refractivity contribution in [2.75, 3.05) is 0 Å². The van der Waals surface area contributed by atoms with Crippen molar-refractivity contribution in [3.63, 3.8) is 0 Å². The molecule has 0 bridgehead atoms. The molecule has 1 saturated heterocycles. The SMILES string of the molecule is O=C1NC2(CCCCCC2)C(=O)N1Cc1nc2ccccc2o1. The summed E-state index contributed by atoms with van der Waals surface area (Å²) in [5, 5.41) is 2.93. The molecule has 1 aromatic carbocycles. The van der Waals surface area contributed by atoms with Crippen LogP contribution in [0.25, 0.3) is 11.1 Å². The Morgan fingerprint density at radius 2 is 1.87 bits per heavy atom. The van der Waals surface area contributed by atoms with E-state index in [2.05, 4.69) is 10.3 Å². The second kappa shape index (κ2) is 5.37. The zero-order valence-electron chi connectivity index (χ0n) is 12.9. The average Bonchev–Trinajstić information content (AvgIpc) is 2.93. The summed E-state index contributed by atoms with van der Waals surface area (Å²) in [5.41, 5.74) is 0.692. The van der Waals surface area contributed by atoms with E-state index in [1.54, 1.807) is 0 Å². The maximum Gasteiger partial charge on any atom is 0.325 e. The Bertz CT molecular complexity index is 726. The third kappa shape index (κ3) is 2.38. The Morgan fingerprint density at radius 1 is 1.13 bits per heavy atom. The summed E-state index contributed by atoms with van der Waals surface area (Å²) < 4.78 is 5.64. The third-order valence-electron chi connectivity index (χ3n) is 4.83. The van der Waals surface area contributed by atoms with Crippen LogP contribution in [0.1, 0.15) is 44.4 Å². The predicted molar refractivity (Wildman–Crippen MR) is 83.5 cm³/mol. The molecule has 1 aliphatic heterocycles. The van der Waals surface area contributed by atoms with Crippen LogP contribution in [-0.2, 0) is 11.3 Å². The molecule has 6 nitrogen and oxygen atoms in total. The van der Waals surface area contributed by atoms with Gasteiger partial charge in [0.2, 0.25) is 5.89 Å². The average molecular weight is 313 g/mol. The molecule has 0 unspecified atom stereocenters. The maximum absolute atomic E-state index is 12.8. The fourth-order valence-electron chi connectivity index (χ4n) is 3.61. The van der Waals surface area contributed by atoms with E-state index >= 15 is 0 Å². The van der Waals surface area contributed by atoms with Gasteiger partial charge in [0, 0.05) is 0 Å². The number of urea groups is 1. The first-order valence-corrected chi connectivity index (χ1v) is 8.17. The number of nitrogens with zero attached hydrogens (tertiary/aromatic N) is 2. The van der Waals surface area contributed by atoms with Gasteiger partial charge in [0.15, 0.2) is 5.58 Å². The van der Waals surface area contributed by atoms with Gasteiger partial charge in [-0.1, -0.05) is 37.8 Å². The smallest absolute Gasteiger partial charge is 0.325 e. The van der Waals surface area contributed by atoms with Crippen LogP contribution in [0.3, 0.4) is 0 Å². The Kier molecular flexibility index (Phi) is 3.32. The summed E-state index contributed by atoms with van der Waals surface area (Å²) in [6.45, 7) is 0.0844. The Balaban J connectivity index is 1.58. The molecule has 1 aromatic heterocycles. The maximum atomic E-state index is 12.8. The normalized spacial score (nSPS) is 21.0. The molecule has 1 N–H and O–H groups in total. The van der Waals surface area contributed by atoms with Gasteiger partial charge in [-0.25, -0.2) is 9.78 Å². The lowest BCUT2D eigenvalue weighted by Gasteiger charge is -2.24. The molecule has 0 atom stereocenters. The number of carbonyl (C=O) groups is 2. The molecule has 23 heavy (non-hydrogen) atoms. The highest BCUT2D eigenvalue weighted by atomic mass is 16.3. The number of para-hydroxylation sites is 2. The van der Waals surface area contributed by atoms with Gasteiger partial charge in [-0.15, -0.1) is 0 Å². The molecule has 1 spiro atoms. The molecule has 1 aliphatic carbocycles. The second-order valence-electron chi connectivity index (χ2n) is 6.39. The van der Waals surface area contributed by atoms with Gasteiger partial charge < -0.3 is 9.73 Å². The number of imide groups is 1. The van der Waals surface area contributed by atoms with Gasteiger partial charge in [0.25, 0.3) is 5.91 Å². The summed E-state index contributed by atoms with van der Waals surface area (Å²) >= 11 is 0. The molecule has 4 rings (SSSR count). The summed E-state index contributed by atoms with van der Waals surface area (Å²) in [6.07, 6.45) is 5.64. The summed E-state index contributed by atoms with van der Waals surface area (Å²) in [7, 11) is 0. The molecule has 6 heteroatoms. The van der Waals surface area contributed by atoms with Gasteiger partial charge >= 0.3 is 6.03 Å². The number of oxazole rings is 1. The van der Waals surface area contributed by atoms with E-state index in [1.165, 1.54) is 4.90 Å². The van der Waals surface area contributed by atoms with E-state index in [-0.39, 0.29) is 18.5 Å². The van der Waals surface area contributed by atoms with Crippen LogP contribution < -0.4 is 5.32 Å². The number of benzene rings is 1. The van der Waals surface area contributed by atoms with Gasteiger partial charge in [-0.3, -0.25) is 9.69 Å². The third-order valence-corrected chi connectivity index (χ3v) is 4.83. The number of nitrogens with one attached hydrogen (secondary N) is 1. The Labute approximate surface area is 133 Å². The van der Waals surface area contributed by atoms with Crippen molar-refractivity contribution < 1.29 is 14.0 Å². The molecule has 2 heterocycles. The topological polar surface area (TPSA) is 75.4 Å². The molecule has 0 radical (unpaired) electrons. The van der Waals surface area contributed by atoms with E-state index in [0.29, 0.717) is 11.5 Å². The molecule has 1 saturated carbocycles. The second-order valence-corrected chi connectivity index (χ2v) is 6.39. The highest BCUT2D eigenvalue weighted by Crippen LogP contribution is 2.33. The van der Waals surface area contributed by atoms with Crippen LogP contribution in [0, 0.1) is 0 Å². The number of aromatic nitrogens is 1. The van der Waals surface area contributed by atoms with Crippen LogP contribution >= 0.6 is 0 Å². The van der Waals surface area contributed by atoms with Crippen molar-refractivity contribution in [1.29, 1.82) is 0 Å². The quantitative estimate of drug-likeness (QED) is 0.865. The van der Waals surface area contributed by atoms with Crippen LogP contribution in [0.15, 0.2) is 28.7 Å². The minimum absolute atomic E-state index is 0.0844. The summed E-state index contributed by atoms with van der Waals surface area (Å²) in [5.74, 6) is 0.257. The van der Waals surface area contributed by atoms with Gasteiger partial charge in [0.1, 0.15) is 17.6 Å². The highest BCUT2D eigenvalue weighted by molar-refractivity contribution is 6.06. The van der Waals surface area contributed by atoms with E-state index < -0.39 is 5.54 Å². The lowest BCUT2D eigenvalue weighted by Crippen LogP contribution is -2.46. The lowest BCUT2D eigenvalue weighted by atomic mass is 9.90. The number of carbonyl (C=O) groups excluding carboxylic acids is 2. The molecule has 2 aromatic rings. The monoisotopic (exact) mass is 313 g/mol. The summed E-state index contributed by atoms with van der Waals surface area (Å²) in [6, 6.07) is 7.08. The predicted octanol–water partition coefficient (Wildman–Crippen LogP) is 2.97. The molecule has 3 amide bonds. The standard InChI is InChI=1S/C17H19N3O3/c21-15-17(9-5-1-2-6-10-17)19-16(22)20(15)11-14-18-12-7-3-4-8-13(12)23-14/h3-4,7-8H,1-2,5-6,9-11H2,(H,19,22). The number of hydrogen-bond donors (Lipinski definition) is 1. The van der Waals surface area contributed by atoms with Crippen molar-refractivity contribution in [2.45, 2.75) is 50.6 Å². The number of fused-ring (bicyclic) bond motifs is 1. The highest BCUT2D eigenvalue weighted by Gasteiger charge is 2.50. The first-order chi connectivity index (χ1) is 11.2. The number of hydrogen-bond acceptors (Lipinski definition) is 4. The van der Waals surface area contributed by atoms with Crippen molar-refractivity contribution >= 4 is 23.0 Å². The molecule has 120 valence electrons. The van der Waals surface area contributed by atoms with Crippen LogP contribution in [0.2, 0.25) is 0 Å². The number of rotatable bonds is 2. The first-order valence-electron chi connectivity index (χ1n) is 8.17.